The van der Waals surface area contributed by atoms with E-state index in [4.69, 9.17) is 5.11 Å². The molecule has 9 heteroatoms. The largest absolute Gasteiger partial charge is 0.465 e. The molecule has 1 atom stereocenters. The Bertz CT molecular complexity index is 365. The van der Waals surface area contributed by atoms with Crippen LogP contribution in [0.2, 0.25) is 0 Å². The van der Waals surface area contributed by atoms with E-state index in [1.54, 1.807) is 0 Å². The second kappa shape index (κ2) is 4.92. The van der Waals surface area contributed by atoms with Gasteiger partial charge in [0, 0.05) is 18.9 Å². The van der Waals surface area contributed by atoms with Crippen LogP contribution in [0.1, 0.15) is 0 Å². The molecule has 0 fully saturated rings. The third-order valence-electron chi connectivity index (χ3n) is 1.42. The number of nitrogens with zero attached hydrogens (tertiary/aromatic N) is 2. The topological polar surface area (TPSA) is 114 Å². The minimum absolute atomic E-state index is 0.0609. The summed E-state index contributed by atoms with van der Waals surface area (Å²) in [5.74, 6) is 0. The van der Waals surface area contributed by atoms with Crippen molar-refractivity contribution in [1.29, 1.82) is 0 Å². The number of imidazole rings is 1. The second-order valence-electron chi connectivity index (χ2n) is 2.50. The first-order valence-electron chi connectivity index (χ1n) is 3.95. The van der Waals surface area contributed by atoms with Crippen LogP contribution in [0.4, 0.5) is 4.79 Å². The van der Waals surface area contributed by atoms with Gasteiger partial charge in [0.1, 0.15) is 6.33 Å². The normalized spacial score (nSPS) is 14.5. The van der Waals surface area contributed by atoms with E-state index in [-0.39, 0.29) is 13.2 Å². The molecule has 1 aromatic heterocycles. The first-order valence-corrected chi connectivity index (χ1v) is 5.48. The Morgan fingerprint density at radius 2 is 2.40 bits per heavy atom. The molecule has 84 valence electrons. The van der Waals surface area contributed by atoms with Crippen molar-refractivity contribution in [3.05, 3.63) is 18.7 Å². The molecule has 1 aromatic rings. The number of nitrogens with one attached hydrogen (secondary N) is 1. The molecule has 1 heterocycles. The monoisotopic (exact) mass is 235 g/mol. The molecule has 15 heavy (non-hydrogen) atoms. The van der Waals surface area contributed by atoms with Crippen molar-refractivity contribution >= 4 is 13.8 Å². The highest BCUT2D eigenvalue weighted by Gasteiger charge is 2.21. The molecule has 1 amide bonds. The van der Waals surface area contributed by atoms with Gasteiger partial charge in [0.2, 0.25) is 0 Å². The van der Waals surface area contributed by atoms with Crippen molar-refractivity contribution in [2.75, 3.05) is 13.2 Å². The van der Waals surface area contributed by atoms with Gasteiger partial charge >= 0.3 is 13.8 Å². The van der Waals surface area contributed by atoms with Gasteiger partial charge in [-0.25, -0.2) is 18.7 Å². The first-order chi connectivity index (χ1) is 7.02. The predicted octanol–water partition coefficient (Wildman–Crippen LogP) is 0.116. The molecule has 0 spiro atoms. The molecule has 0 saturated carbocycles. The van der Waals surface area contributed by atoms with Gasteiger partial charge in [-0.3, -0.25) is 4.52 Å². The van der Waals surface area contributed by atoms with Crippen LogP contribution in [-0.2, 0) is 9.09 Å². The third-order valence-corrected chi connectivity index (χ3v) is 2.76. The number of carbonyl (C=O) groups is 1. The number of hydrogen-bond acceptors (Lipinski definition) is 4. The highest BCUT2D eigenvalue weighted by atomic mass is 31.2. The fourth-order valence-corrected chi connectivity index (χ4v) is 1.67. The summed E-state index contributed by atoms with van der Waals surface area (Å²) in [4.78, 5) is 22.9. The van der Waals surface area contributed by atoms with Crippen molar-refractivity contribution in [1.82, 2.24) is 14.6 Å². The van der Waals surface area contributed by atoms with Crippen LogP contribution in [-0.4, -0.2) is 38.6 Å². The second-order valence-corrected chi connectivity index (χ2v) is 4.20. The number of rotatable bonds is 5. The molecule has 1 unspecified atom stereocenters. The number of amides is 1. The van der Waals surface area contributed by atoms with Crippen LogP contribution in [0, 0.1) is 0 Å². The SMILES string of the molecule is O=C(O)NCCOP(=O)(O)n1ccnc1. The molecule has 0 bridgehead atoms. The summed E-state index contributed by atoms with van der Waals surface area (Å²) in [5, 5.41) is 10.2. The van der Waals surface area contributed by atoms with Gasteiger partial charge in [-0.05, 0) is 0 Å². The Labute approximate surface area is 85.1 Å². The minimum atomic E-state index is -3.94. The third kappa shape index (κ3) is 3.70. The number of aromatic nitrogens is 2. The maximum Gasteiger partial charge on any atom is 0.437 e. The lowest BCUT2D eigenvalue weighted by Gasteiger charge is -2.11. The predicted molar refractivity (Wildman–Crippen MR) is 49.4 cm³/mol. The van der Waals surface area contributed by atoms with Crippen LogP contribution in [0.15, 0.2) is 18.7 Å². The Balaban J connectivity index is 2.38. The zero-order valence-corrected chi connectivity index (χ0v) is 8.50. The fourth-order valence-electron chi connectivity index (χ4n) is 0.791. The van der Waals surface area contributed by atoms with E-state index in [0.717, 1.165) is 10.7 Å². The van der Waals surface area contributed by atoms with Crippen molar-refractivity contribution in [3.8, 4) is 0 Å². The van der Waals surface area contributed by atoms with Crippen molar-refractivity contribution in [2.24, 2.45) is 0 Å². The number of hydrogen-bond donors (Lipinski definition) is 3. The van der Waals surface area contributed by atoms with Crippen LogP contribution in [0.3, 0.4) is 0 Å². The zero-order valence-electron chi connectivity index (χ0n) is 7.61. The molecule has 0 radical (unpaired) electrons. The van der Waals surface area contributed by atoms with Gasteiger partial charge in [-0.2, -0.15) is 0 Å². The van der Waals surface area contributed by atoms with Gasteiger partial charge in [-0.15, -0.1) is 0 Å². The minimum Gasteiger partial charge on any atom is -0.465 e. The van der Waals surface area contributed by atoms with E-state index in [1.165, 1.54) is 12.4 Å². The summed E-state index contributed by atoms with van der Waals surface area (Å²) in [5.41, 5.74) is 0. The molecule has 8 nitrogen and oxygen atoms in total. The molecule has 3 N–H and O–H groups in total. The Morgan fingerprint density at radius 1 is 1.67 bits per heavy atom. The maximum absolute atomic E-state index is 11.4. The lowest BCUT2D eigenvalue weighted by Crippen LogP contribution is -2.25. The van der Waals surface area contributed by atoms with Gasteiger partial charge < -0.3 is 15.3 Å². The Hall–Kier alpha value is -1.37. The fraction of sp³-hybridized carbons (Fsp3) is 0.333. The summed E-state index contributed by atoms with van der Waals surface area (Å²) in [6.45, 7) is -0.257. The average molecular weight is 235 g/mol. The summed E-state index contributed by atoms with van der Waals surface area (Å²) in [6, 6.07) is 0. The lowest BCUT2D eigenvalue weighted by atomic mass is 10.7. The summed E-state index contributed by atoms with van der Waals surface area (Å²) in [7, 11) is -3.94. The zero-order chi connectivity index (χ0) is 11.3. The van der Waals surface area contributed by atoms with Gasteiger partial charge in [0.05, 0.1) is 6.61 Å². The van der Waals surface area contributed by atoms with Gasteiger partial charge in [-0.1, -0.05) is 0 Å². The lowest BCUT2D eigenvalue weighted by molar-refractivity contribution is 0.188. The smallest absolute Gasteiger partial charge is 0.437 e. The summed E-state index contributed by atoms with van der Waals surface area (Å²) >= 11 is 0. The molecule has 1 rings (SSSR count). The van der Waals surface area contributed by atoms with E-state index in [0.29, 0.717) is 0 Å². The van der Waals surface area contributed by atoms with E-state index < -0.39 is 13.8 Å². The Morgan fingerprint density at radius 3 is 2.93 bits per heavy atom. The Kier molecular flexibility index (Phi) is 3.84. The highest BCUT2D eigenvalue weighted by Crippen LogP contribution is 2.42. The standard InChI is InChI=1S/C6H10N3O5P/c10-6(11)8-2-4-14-15(12,13)9-3-1-7-5-9/h1,3,5,8H,2,4H2,(H,10,11)(H,12,13). The quantitative estimate of drug-likeness (QED) is 0.493. The van der Waals surface area contributed by atoms with Gasteiger partial charge in [0.15, 0.2) is 0 Å². The van der Waals surface area contributed by atoms with Gasteiger partial charge in [0.25, 0.3) is 0 Å². The molecule has 0 aliphatic carbocycles. The van der Waals surface area contributed by atoms with Crippen molar-refractivity contribution in [3.63, 3.8) is 0 Å². The van der Waals surface area contributed by atoms with Crippen LogP contribution in [0.5, 0.6) is 0 Å². The highest BCUT2D eigenvalue weighted by molar-refractivity contribution is 7.51. The van der Waals surface area contributed by atoms with Crippen molar-refractivity contribution < 1.29 is 23.9 Å². The molecular weight excluding hydrogens is 225 g/mol. The molecular formula is C6H10N3O5P. The average Bonchev–Trinajstić information content (AvgIpc) is 2.65. The molecule has 0 aliphatic rings. The van der Waals surface area contributed by atoms with E-state index in [1.807, 2.05) is 5.32 Å². The first kappa shape index (κ1) is 11.7. The summed E-state index contributed by atoms with van der Waals surface area (Å²) in [6.07, 6.45) is 2.55. The van der Waals surface area contributed by atoms with Crippen LogP contribution < -0.4 is 5.32 Å². The molecule has 0 aliphatic heterocycles. The van der Waals surface area contributed by atoms with E-state index in [2.05, 4.69) is 9.51 Å². The van der Waals surface area contributed by atoms with Crippen LogP contribution in [0.25, 0.3) is 0 Å². The summed E-state index contributed by atoms with van der Waals surface area (Å²) < 4.78 is 17.0. The van der Waals surface area contributed by atoms with Crippen molar-refractivity contribution in [2.45, 2.75) is 0 Å². The number of carboxylic acid groups (broad SMARTS) is 1. The molecule has 0 saturated heterocycles. The molecule has 0 aromatic carbocycles. The van der Waals surface area contributed by atoms with E-state index >= 15 is 0 Å². The van der Waals surface area contributed by atoms with E-state index in [9.17, 15) is 14.3 Å². The maximum atomic E-state index is 11.4. The van der Waals surface area contributed by atoms with Crippen LogP contribution >= 0.6 is 7.75 Å².